The van der Waals surface area contributed by atoms with Crippen LogP contribution in [0.4, 0.5) is 0 Å². The smallest absolute Gasteiger partial charge is 0.252 e. The van der Waals surface area contributed by atoms with Crippen LogP contribution in [0.15, 0.2) is 70.8 Å². The van der Waals surface area contributed by atoms with E-state index in [-0.39, 0.29) is 17.2 Å². The molecule has 0 aliphatic carbocycles. The second kappa shape index (κ2) is 7.92. The number of nitrogens with zero attached hydrogens (tertiary/aromatic N) is 6. The van der Waals surface area contributed by atoms with Crippen molar-refractivity contribution in [2.75, 3.05) is 0 Å². The Kier molecular flexibility index (Phi) is 4.73. The first-order valence-electron chi connectivity index (χ1n) is 10.6. The Bertz CT molecular complexity index is 1610. The first-order valence-corrected chi connectivity index (χ1v) is 11.0. The van der Waals surface area contributed by atoms with Gasteiger partial charge in [-0.1, -0.05) is 11.6 Å². The van der Waals surface area contributed by atoms with Crippen molar-refractivity contribution in [1.29, 1.82) is 0 Å². The van der Waals surface area contributed by atoms with E-state index in [2.05, 4.69) is 30.5 Å². The van der Waals surface area contributed by atoms with Crippen LogP contribution in [-0.2, 0) is 6.42 Å². The number of aromatic amines is 2. The Labute approximate surface area is 196 Å². The van der Waals surface area contributed by atoms with E-state index in [1.165, 1.54) is 12.4 Å². The summed E-state index contributed by atoms with van der Waals surface area (Å²) in [7, 11) is 0. The summed E-state index contributed by atoms with van der Waals surface area (Å²) in [6.45, 7) is 0. The summed E-state index contributed by atoms with van der Waals surface area (Å²) in [6.07, 6.45) is 6.31. The highest BCUT2D eigenvalue weighted by atomic mass is 35.5. The molecule has 5 heterocycles. The molecule has 1 atom stereocenters. The van der Waals surface area contributed by atoms with E-state index >= 15 is 0 Å². The molecule has 0 amide bonds. The van der Waals surface area contributed by atoms with Crippen LogP contribution in [0.2, 0.25) is 5.02 Å². The predicted molar refractivity (Wildman–Crippen MR) is 125 cm³/mol. The van der Waals surface area contributed by atoms with Crippen LogP contribution in [0.5, 0.6) is 0 Å². The van der Waals surface area contributed by atoms with E-state index in [9.17, 15) is 9.59 Å². The predicted octanol–water partition coefficient (Wildman–Crippen LogP) is 2.76. The van der Waals surface area contributed by atoms with Crippen molar-refractivity contribution >= 4 is 11.6 Å². The van der Waals surface area contributed by atoms with Crippen LogP contribution in [0, 0.1) is 0 Å². The minimum Gasteiger partial charge on any atom is -0.340 e. The van der Waals surface area contributed by atoms with E-state index in [1.807, 2.05) is 12.1 Å². The number of hydrogen-bond donors (Lipinski definition) is 2. The average Bonchev–Trinajstić information content (AvgIpc) is 3.60. The standard InChI is InChI=1S/C23H17ClN8O2/c24-15-2-4-19(31-12-27-29-30-31)17(9-15)14-7-16-3-5-20(32(16)22(34)8-14)23-26-11-18(28-23)13-1-6-21(33)25-10-13/h1-2,4,6-12,20H,3,5H2,(H,25,33)(H,26,28)/t20-/m0/s1. The van der Waals surface area contributed by atoms with Gasteiger partial charge in [0.1, 0.15) is 12.2 Å². The van der Waals surface area contributed by atoms with Gasteiger partial charge in [0.05, 0.1) is 23.6 Å². The number of fused-ring (bicyclic) bond motifs is 1. The average molecular weight is 473 g/mol. The number of rotatable bonds is 4. The second-order valence-corrected chi connectivity index (χ2v) is 8.47. The maximum Gasteiger partial charge on any atom is 0.252 e. The van der Waals surface area contributed by atoms with Gasteiger partial charge in [0, 0.05) is 40.2 Å². The Morgan fingerprint density at radius 2 is 1.97 bits per heavy atom. The van der Waals surface area contributed by atoms with E-state index in [1.54, 1.807) is 45.9 Å². The van der Waals surface area contributed by atoms with Gasteiger partial charge in [-0.15, -0.1) is 5.10 Å². The summed E-state index contributed by atoms with van der Waals surface area (Å²) in [5.41, 5.74) is 4.45. The fraction of sp³-hybridized carbons (Fsp3) is 0.130. The van der Waals surface area contributed by atoms with Crippen LogP contribution < -0.4 is 11.1 Å². The Morgan fingerprint density at radius 1 is 1.06 bits per heavy atom. The summed E-state index contributed by atoms with van der Waals surface area (Å²) in [5, 5.41) is 11.9. The minimum absolute atomic E-state index is 0.125. The van der Waals surface area contributed by atoms with Gasteiger partial charge in [0.2, 0.25) is 5.56 Å². The van der Waals surface area contributed by atoms with Gasteiger partial charge in [-0.25, -0.2) is 4.98 Å². The van der Waals surface area contributed by atoms with E-state index in [4.69, 9.17) is 11.6 Å². The first-order chi connectivity index (χ1) is 16.6. The molecule has 0 radical (unpaired) electrons. The molecule has 10 nitrogen and oxygen atoms in total. The lowest BCUT2D eigenvalue weighted by Gasteiger charge is -2.15. The number of H-pyrrole nitrogens is 2. The highest BCUT2D eigenvalue weighted by Gasteiger charge is 2.28. The molecule has 1 aliphatic rings. The minimum atomic E-state index is -0.202. The number of pyridine rings is 2. The molecule has 6 rings (SSSR count). The van der Waals surface area contributed by atoms with Crippen molar-refractivity contribution in [3.05, 3.63) is 98.4 Å². The molecule has 4 aromatic heterocycles. The molecule has 5 aromatic rings. The van der Waals surface area contributed by atoms with Gasteiger partial charge in [-0.05, 0) is 59.2 Å². The zero-order chi connectivity index (χ0) is 23.2. The van der Waals surface area contributed by atoms with Gasteiger partial charge in [0.25, 0.3) is 5.56 Å². The third-order valence-electron chi connectivity index (χ3n) is 6.01. The summed E-state index contributed by atoms with van der Waals surface area (Å²) < 4.78 is 3.32. The van der Waals surface area contributed by atoms with Crippen LogP contribution in [0.25, 0.3) is 28.1 Å². The molecule has 168 valence electrons. The number of aryl methyl sites for hydroxylation is 1. The molecule has 1 aliphatic heterocycles. The molecule has 2 N–H and O–H groups in total. The molecule has 0 saturated carbocycles. The van der Waals surface area contributed by atoms with Gasteiger partial charge < -0.3 is 14.5 Å². The van der Waals surface area contributed by atoms with Crippen LogP contribution in [-0.4, -0.2) is 39.7 Å². The van der Waals surface area contributed by atoms with Crippen molar-refractivity contribution in [3.63, 3.8) is 0 Å². The zero-order valence-corrected chi connectivity index (χ0v) is 18.4. The Morgan fingerprint density at radius 3 is 2.76 bits per heavy atom. The molecule has 0 saturated heterocycles. The van der Waals surface area contributed by atoms with Gasteiger partial charge in [-0.2, -0.15) is 4.68 Å². The van der Waals surface area contributed by atoms with E-state index in [0.717, 1.165) is 46.6 Å². The number of nitrogens with one attached hydrogen (secondary N) is 2. The SMILES string of the molecule is O=c1ccc(-c2cnc([C@@H]3CCc4cc(-c5cc(Cl)ccc5-n5cnnn5)cc(=O)n43)[nH]2)c[nH]1. The molecule has 1 aromatic carbocycles. The largest absolute Gasteiger partial charge is 0.340 e. The molecule has 0 fully saturated rings. The van der Waals surface area contributed by atoms with Crippen LogP contribution in [0.1, 0.15) is 24.0 Å². The summed E-state index contributed by atoms with van der Waals surface area (Å²) in [4.78, 5) is 35.1. The van der Waals surface area contributed by atoms with E-state index < -0.39 is 0 Å². The van der Waals surface area contributed by atoms with E-state index in [0.29, 0.717) is 10.8 Å². The normalized spacial score (nSPS) is 14.9. The molecule has 0 bridgehead atoms. The molecular formula is C23H17ClN8O2. The number of hydrogen-bond acceptors (Lipinski definition) is 6. The van der Waals surface area contributed by atoms with Crippen molar-refractivity contribution in [2.24, 2.45) is 0 Å². The topological polar surface area (TPSA) is 127 Å². The monoisotopic (exact) mass is 472 g/mol. The Hall–Kier alpha value is -4.31. The zero-order valence-electron chi connectivity index (χ0n) is 17.6. The lowest BCUT2D eigenvalue weighted by molar-refractivity contribution is 0.572. The number of aromatic nitrogens is 8. The molecule has 0 spiro atoms. The van der Waals surface area contributed by atoms with Gasteiger partial charge in [0.15, 0.2) is 0 Å². The summed E-state index contributed by atoms with van der Waals surface area (Å²) in [5.74, 6) is 0.701. The maximum absolute atomic E-state index is 13.3. The molecule has 0 unspecified atom stereocenters. The van der Waals surface area contributed by atoms with Gasteiger partial charge >= 0.3 is 0 Å². The van der Waals surface area contributed by atoms with Crippen LogP contribution >= 0.6 is 11.6 Å². The lowest BCUT2D eigenvalue weighted by atomic mass is 10.0. The third kappa shape index (κ3) is 3.44. The van der Waals surface area contributed by atoms with Gasteiger partial charge in [-0.3, -0.25) is 9.59 Å². The fourth-order valence-corrected chi connectivity index (χ4v) is 4.62. The number of halogens is 1. The van der Waals surface area contributed by atoms with Crippen molar-refractivity contribution < 1.29 is 0 Å². The first kappa shape index (κ1) is 20.3. The van der Waals surface area contributed by atoms with Crippen LogP contribution in [0.3, 0.4) is 0 Å². The maximum atomic E-state index is 13.3. The Balaban J connectivity index is 1.39. The van der Waals surface area contributed by atoms with Crippen molar-refractivity contribution in [1.82, 2.24) is 39.7 Å². The number of benzene rings is 1. The summed E-state index contributed by atoms with van der Waals surface area (Å²) >= 11 is 6.27. The lowest BCUT2D eigenvalue weighted by Crippen LogP contribution is -2.23. The highest BCUT2D eigenvalue weighted by Crippen LogP contribution is 2.34. The molecule has 34 heavy (non-hydrogen) atoms. The van der Waals surface area contributed by atoms with Crippen molar-refractivity contribution in [3.8, 4) is 28.1 Å². The number of imidazole rings is 1. The molecular weight excluding hydrogens is 456 g/mol. The molecule has 11 heteroatoms. The number of tetrazole rings is 1. The highest BCUT2D eigenvalue weighted by molar-refractivity contribution is 6.31. The second-order valence-electron chi connectivity index (χ2n) is 8.04. The third-order valence-corrected chi connectivity index (χ3v) is 6.24. The quantitative estimate of drug-likeness (QED) is 0.414. The fourth-order valence-electron chi connectivity index (χ4n) is 4.45. The summed E-state index contributed by atoms with van der Waals surface area (Å²) in [6, 6.07) is 12.0. The van der Waals surface area contributed by atoms with Crippen molar-refractivity contribution in [2.45, 2.75) is 18.9 Å².